The molecule has 2 aliphatic rings. The monoisotopic (exact) mass is 202 g/mol. The van der Waals surface area contributed by atoms with Crippen molar-refractivity contribution in [1.29, 1.82) is 0 Å². The summed E-state index contributed by atoms with van der Waals surface area (Å²) in [5.41, 5.74) is 1.50. The van der Waals surface area contributed by atoms with Gasteiger partial charge in [0.2, 0.25) is 0 Å². The normalized spacial score (nSPS) is 31.5. The molecule has 2 nitrogen and oxygen atoms in total. The average Bonchev–Trinajstić information content (AvgIpc) is 2.74. The highest BCUT2D eigenvalue weighted by molar-refractivity contribution is 5.20. The Morgan fingerprint density at radius 3 is 2.87 bits per heavy atom. The summed E-state index contributed by atoms with van der Waals surface area (Å²) in [6.07, 6.45) is 2.68. The third kappa shape index (κ3) is 1.68. The minimum absolute atomic E-state index is 0.679. The number of piperazine rings is 1. The Bertz CT molecular complexity index is 323. The first-order chi connectivity index (χ1) is 7.45. The smallest absolute Gasteiger partial charge is 0.0352 e. The van der Waals surface area contributed by atoms with Gasteiger partial charge in [0.25, 0.3) is 0 Å². The molecule has 2 saturated heterocycles. The zero-order valence-electron chi connectivity index (χ0n) is 9.02. The zero-order chi connectivity index (χ0) is 10.1. The molecule has 2 aliphatic heterocycles. The summed E-state index contributed by atoms with van der Waals surface area (Å²) in [6, 6.07) is 12.4. The third-order valence-electron chi connectivity index (χ3n) is 3.75. The van der Waals surface area contributed by atoms with E-state index in [-0.39, 0.29) is 0 Å². The quantitative estimate of drug-likeness (QED) is 0.747. The molecule has 0 radical (unpaired) electrons. The standard InChI is InChI=1S/C13H18N2/c1-2-4-11(5-3-1)13-7-6-12-10-14-8-9-15(12)13/h1-5,12-14H,6-10H2. The lowest BCUT2D eigenvalue weighted by atomic mass is 10.0. The first-order valence-electron chi connectivity index (χ1n) is 5.96. The Morgan fingerprint density at radius 2 is 2.00 bits per heavy atom. The SMILES string of the molecule is c1ccc(C2CCC3CNCCN32)cc1. The lowest BCUT2D eigenvalue weighted by Crippen LogP contribution is -2.48. The van der Waals surface area contributed by atoms with Crippen LogP contribution >= 0.6 is 0 Å². The molecule has 2 atom stereocenters. The Morgan fingerprint density at radius 1 is 1.13 bits per heavy atom. The molecule has 15 heavy (non-hydrogen) atoms. The van der Waals surface area contributed by atoms with Crippen molar-refractivity contribution in [1.82, 2.24) is 10.2 Å². The van der Waals surface area contributed by atoms with Gasteiger partial charge in [-0.25, -0.2) is 0 Å². The molecule has 0 aliphatic carbocycles. The molecule has 0 amide bonds. The maximum absolute atomic E-state index is 3.49. The molecule has 2 heterocycles. The van der Waals surface area contributed by atoms with Gasteiger partial charge in [-0.1, -0.05) is 30.3 Å². The second-order valence-corrected chi connectivity index (χ2v) is 4.60. The van der Waals surface area contributed by atoms with Gasteiger partial charge in [0.05, 0.1) is 0 Å². The van der Waals surface area contributed by atoms with Crippen LogP contribution in [0.25, 0.3) is 0 Å². The van der Waals surface area contributed by atoms with Gasteiger partial charge in [0.1, 0.15) is 0 Å². The van der Waals surface area contributed by atoms with E-state index in [1.54, 1.807) is 0 Å². The molecule has 2 unspecified atom stereocenters. The molecule has 0 spiro atoms. The summed E-state index contributed by atoms with van der Waals surface area (Å²) < 4.78 is 0. The van der Waals surface area contributed by atoms with E-state index in [0.717, 1.165) is 12.6 Å². The van der Waals surface area contributed by atoms with Gasteiger partial charge in [-0.2, -0.15) is 0 Å². The van der Waals surface area contributed by atoms with Crippen molar-refractivity contribution in [3.63, 3.8) is 0 Å². The molecule has 2 fully saturated rings. The fourth-order valence-corrected chi connectivity index (χ4v) is 3.00. The minimum Gasteiger partial charge on any atom is -0.314 e. The second-order valence-electron chi connectivity index (χ2n) is 4.60. The van der Waals surface area contributed by atoms with Crippen LogP contribution in [-0.4, -0.2) is 30.6 Å². The highest BCUT2D eigenvalue weighted by Gasteiger charge is 2.35. The molecule has 0 bridgehead atoms. The van der Waals surface area contributed by atoms with E-state index < -0.39 is 0 Å². The minimum atomic E-state index is 0.679. The molecule has 0 saturated carbocycles. The van der Waals surface area contributed by atoms with E-state index in [1.807, 2.05) is 0 Å². The van der Waals surface area contributed by atoms with E-state index in [1.165, 1.54) is 31.5 Å². The topological polar surface area (TPSA) is 15.3 Å². The number of nitrogens with one attached hydrogen (secondary N) is 1. The fourth-order valence-electron chi connectivity index (χ4n) is 3.00. The highest BCUT2D eigenvalue weighted by Crippen LogP contribution is 2.36. The summed E-state index contributed by atoms with van der Waals surface area (Å²) in [7, 11) is 0. The van der Waals surface area contributed by atoms with Gasteiger partial charge in [0.15, 0.2) is 0 Å². The molecule has 80 valence electrons. The van der Waals surface area contributed by atoms with Gasteiger partial charge in [-0.3, -0.25) is 4.90 Å². The summed E-state index contributed by atoms with van der Waals surface area (Å²) in [5.74, 6) is 0. The van der Waals surface area contributed by atoms with Crippen LogP contribution in [0.4, 0.5) is 0 Å². The van der Waals surface area contributed by atoms with Crippen molar-refractivity contribution in [2.45, 2.75) is 24.9 Å². The van der Waals surface area contributed by atoms with Crippen molar-refractivity contribution < 1.29 is 0 Å². The molecule has 1 N–H and O–H groups in total. The Hall–Kier alpha value is -0.860. The summed E-state index contributed by atoms with van der Waals surface area (Å²) >= 11 is 0. The van der Waals surface area contributed by atoms with Crippen LogP contribution in [0.1, 0.15) is 24.4 Å². The second kappa shape index (κ2) is 3.95. The van der Waals surface area contributed by atoms with Crippen molar-refractivity contribution in [3.05, 3.63) is 35.9 Å². The zero-order valence-corrected chi connectivity index (χ0v) is 9.02. The number of benzene rings is 1. The average molecular weight is 202 g/mol. The van der Waals surface area contributed by atoms with Crippen molar-refractivity contribution in [3.8, 4) is 0 Å². The van der Waals surface area contributed by atoms with Crippen LogP contribution in [0, 0.1) is 0 Å². The summed E-state index contributed by atoms with van der Waals surface area (Å²) in [5, 5.41) is 3.49. The van der Waals surface area contributed by atoms with E-state index >= 15 is 0 Å². The maximum Gasteiger partial charge on any atom is 0.0352 e. The van der Waals surface area contributed by atoms with Gasteiger partial charge in [-0.05, 0) is 18.4 Å². The Kier molecular flexibility index (Phi) is 2.47. The van der Waals surface area contributed by atoms with Gasteiger partial charge >= 0.3 is 0 Å². The highest BCUT2D eigenvalue weighted by atomic mass is 15.3. The number of hydrogen-bond donors (Lipinski definition) is 1. The lowest BCUT2D eigenvalue weighted by molar-refractivity contribution is 0.162. The lowest BCUT2D eigenvalue weighted by Gasteiger charge is -2.34. The van der Waals surface area contributed by atoms with E-state index in [0.29, 0.717) is 6.04 Å². The molecule has 2 heteroatoms. The number of fused-ring (bicyclic) bond motifs is 1. The molecule has 0 aromatic heterocycles. The molecule has 3 rings (SSSR count). The van der Waals surface area contributed by atoms with Gasteiger partial charge < -0.3 is 5.32 Å². The predicted octanol–water partition coefficient (Wildman–Crippen LogP) is 1.80. The van der Waals surface area contributed by atoms with Crippen LogP contribution < -0.4 is 5.32 Å². The van der Waals surface area contributed by atoms with E-state index in [9.17, 15) is 0 Å². The van der Waals surface area contributed by atoms with Crippen molar-refractivity contribution in [2.75, 3.05) is 19.6 Å². The van der Waals surface area contributed by atoms with Crippen molar-refractivity contribution in [2.24, 2.45) is 0 Å². The largest absolute Gasteiger partial charge is 0.314 e. The molecular weight excluding hydrogens is 184 g/mol. The maximum atomic E-state index is 3.49. The molecule has 1 aromatic carbocycles. The fraction of sp³-hybridized carbons (Fsp3) is 0.538. The summed E-state index contributed by atoms with van der Waals surface area (Å²) in [4.78, 5) is 2.69. The number of rotatable bonds is 1. The molecule has 1 aromatic rings. The van der Waals surface area contributed by atoms with Crippen LogP contribution in [0.15, 0.2) is 30.3 Å². The third-order valence-corrected chi connectivity index (χ3v) is 3.75. The van der Waals surface area contributed by atoms with Crippen LogP contribution in [-0.2, 0) is 0 Å². The van der Waals surface area contributed by atoms with Gasteiger partial charge in [0, 0.05) is 31.7 Å². The van der Waals surface area contributed by atoms with Crippen LogP contribution in [0.3, 0.4) is 0 Å². The summed E-state index contributed by atoms with van der Waals surface area (Å²) in [6.45, 7) is 3.55. The number of nitrogens with zero attached hydrogens (tertiary/aromatic N) is 1. The van der Waals surface area contributed by atoms with Crippen LogP contribution in [0.5, 0.6) is 0 Å². The van der Waals surface area contributed by atoms with E-state index in [2.05, 4.69) is 40.5 Å². The molecular formula is C13H18N2. The first kappa shape index (κ1) is 9.37. The van der Waals surface area contributed by atoms with Gasteiger partial charge in [-0.15, -0.1) is 0 Å². The van der Waals surface area contributed by atoms with E-state index in [4.69, 9.17) is 0 Å². The van der Waals surface area contributed by atoms with Crippen molar-refractivity contribution >= 4 is 0 Å². The predicted molar refractivity (Wildman–Crippen MR) is 61.8 cm³/mol. The number of hydrogen-bond acceptors (Lipinski definition) is 2. The first-order valence-corrected chi connectivity index (χ1v) is 5.96. The van der Waals surface area contributed by atoms with Crippen LogP contribution in [0.2, 0.25) is 0 Å². The Balaban J connectivity index is 1.82. The Labute approximate surface area is 91.3 Å².